The highest BCUT2D eigenvalue weighted by Gasteiger charge is 2.58. The summed E-state index contributed by atoms with van der Waals surface area (Å²) in [4.78, 5) is 12.0. The number of ether oxygens (including phenoxy) is 1. The van der Waals surface area contributed by atoms with Gasteiger partial charge in [0.1, 0.15) is 0 Å². The summed E-state index contributed by atoms with van der Waals surface area (Å²) in [5.74, 6) is 2.52. The SMILES string of the molecule is COC1CC[C@H]2C3CCC4=CC(=O)NCC[C@]4(C)[C@H]3CCC12C. The molecule has 1 N–H and O–H groups in total. The number of rotatable bonds is 1. The minimum atomic E-state index is 0.128. The van der Waals surface area contributed by atoms with Crippen LogP contribution in [-0.4, -0.2) is 25.7 Å². The van der Waals surface area contributed by atoms with E-state index in [0.717, 1.165) is 37.1 Å². The highest BCUT2D eigenvalue weighted by atomic mass is 16.5. The number of fused-ring (bicyclic) bond motifs is 5. The van der Waals surface area contributed by atoms with E-state index >= 15 is 0 Å². The number of amides is 1. The molecule has 0 aromatic rings. The Bertz CT molecular complexity index is 542. The van der Waals surface area contributed by atoms with Crippen molar-refractivity contribution in [1.29, 1.82) is 0 Å². The Hall–Kier alpha value is -0.830. The number of hydrogen-bond donors (Lipinski definition) is 1. The lowest BCUT2D eigenvalue weighted by atomic mass is 9.48. The van der Waals surface area contributed by atoms with Crippen LogP contribution >= 0.6 is 0 Å². The predicted molar refractivity (Wildman–Crippen MR) is 90.9 cm³/mol. The lowest BCUT2D eigenvalue weighted by molar-refractivity contribution is -0.116. The Balaban J connectivity index is 1.67. The van der Waals surface area contributed by atoms with Crippen molar-refractivity contribution in [2.24, 2.45) is 28.6 Å². The maximum absolute atomic E-state index is 12.0. The molecular formula is C20H31NO2. The average Bonchev–Trinajstić information content (AvgIpc) is 2.78. The van der Waals surface area contributed by atoms with Crippen LogP contribution in [0.15, 0.2) is 11.6 Å². The number of carbonyl (C=O) groups is 1. The molecule has 0 aromatic heterocycles. The van der Waals surface area contributed by atoms with E-state index in [1.807, 2.05) is 13.2 Å². The molecule has 1 amide bonds. The van der Waals surface area contributed by atoms with Crippen LogP contribution in [0, 0.1) is 28.6 Å². The predicted octanol–water partition coefficient (Wildman–Crippen LogP) is 3.69. The van der Waals surface area contributed by atoms with Gasteiger partial charge in [-0.05, 0) is 73.5 Å². The highest BCUT2D eigenvalue weighted by Crippen LogP contribution is 2.64. The standard InChI is InChI=1S/C20H31NO2/c1-19-10-11-21-18(22)12-13(19)4-5-14-15-6-7-17(23-3)20(15,2)9-8-16(14)19/h12,14-17H,4-11H2,1-3H3,(H,21,22)/t14?,15-,16-,17?,19-,20?/m0/s1. The molecule has 128 valence electrons. The van der Waals surface area contributed by atoms with Gasteiger partial charge in [-0.1, -0.05) is 19.4 Å². The summed E-state index contributed by atoms with van der Waals surface area (Å²) in [6.45, 7) is 5.77. The van der Waals surface area contributed by atoms with E-state index in [1.54, 1.807) is 0 Å². The van der Waals surface area contributed by atoms with Crippen molar-refractivity contribution >= 4 is 5.91 Å². The molecule has 3 saturated carbocycles. The molecule has 0 aromatic carbocycles. The van der Waals surface area contributed by atoms with Gasteiger partial charge in [-0.3, -0.25) is 4.79 Å². The van der Waals surface area contributed by atoms with Crippen LogP contribution in [0.25, 0.3) is 0 Å². The zero-order valence-electron chi connectivity index (χ0n) is 14.9. The van der Waals surface area contributed by atoms with Crippen LogP contribution in [0.3, 0.4) is 0 Å². The third-order valence-corrected chi connectivity index (χ3v) is 8.18. The molecule has 6 atom stereocenters. The Morgan fingerprint density at radius 1 is 1.13 bits per heavy atom. The average molecular weight is 317 g/mol. The molecular weight excluding hydrogens is 286 g/mol. The molecule has 3 unspecified atom stereocenters. The molecule has 3 fully saturated rings. The molecule has 23 heavy (non-hydrogen) atoms. The van der Waals surface area contributed by atoms with Crippen molar-refractivity contribution in [1.82, 2.24) is 5.32 Å². The summed E-state index contributed by atoms with van der Waals surface area (Å²) in [5.41, 5.74) is 2.04. The summed E-state index contributed by atoms with van der Waals surface area (Å²) in [6.07, 6.45) is 11.1. The normalized spacial score (nSPS) is 49.3. The first kappa shape index (κ1) is 15.7. The molecule has 3 nitrogen and oxygen atoms in total. The summed E-state index contributed by atoms with van der Waals surface area (Å²) < 4.78 is 5.86. The molecule has 0 bridgehead atoms. The molecule has 1 heterocycles. The number of methoxy groups -OCH3 is 1. The second-order valence-electron chi connectivity index (χ2n) is 8.89. The zero-order chi connectivity index (χ0) is 16.2. The first-order chi connectivity index (χ1) is 11.0. The Kier molecular flexibility index (Phi) is 3.64. The molecule has 4 aliphatic rings. The van der Waals surface area contributed by atoms with Gasteiger partial charge in [-0.15, -0.1) is 0 Å². The first-order valence-electron chi connectivity index (χ1n) is 9.51. The van der Waals surface area contributed by atoms with Crippen LogP contribution in [0.1, 0.15) is 58.8 Å². The van der Waals surface area contributed by atoms with E-state index in [-0.39, 0.29) is 11.3 Å². The summed E-state index contributed by atoms with van der Waals surface area (Å²) >= 11 is 0. The van der Waals surface area contributed by atoms with Gasteiger partial charge in [0.15, 0.2) is 0 Å². The van der Waals surface area contributed by atoms with E-state index in [4.69, 9.17) is 4.74 Å². The Morgan fingerprint density at radius 3 is 2.74 bits per heavy atom. The van der Waals surface area contributed by atoms with Gasteiger partial charge in [0.25, 0.3) is 0 Å². The molecule has 0 saturated heterocycles. The van der Waals surface area contributed by atoms with E-state index in [9.17, 15) is 4.79 Å². The topological polar surface area (TPSA) is 38.3 Å². The third-order valence-electron chi connectivity index (χ3n) is 8.18. The summed E-state index contributed by atoms with van der Waals surface area (Å²) in [6, 6.07) is 0. The maximum atomic E-state index is 12.0. The van der Waals surface area contributed by atoms with Crippen LogP contribution in [-0.2, 0) is 9.53 Å². The second-order valence-corrected chi connectivity index (χ2v) is 8.89. The van der Waals surface area contributed by atoms with E-state index in [1.165, 1.54) is 37.7 Å². The lowest BCUT2D eigenvalue weighted by Gasteiger charge is -2.57. The van der Waals surface area contributed by atoms with Gasteiger partial charge in [-0.25, -0.2) is 0 Å². The fraction of sp³-hybridized carbons (Fsp3) is 0.850. The molecule has 1 aliphatic heterocycles. The fourth-order valence-electron chi connectivity index (χ4n) is 6.90. The summed E-state index contributed by atoms with van der Waals surface area (Å²) in [5, 5.41) is 3.06. The van der Waals surface area contributed by atoms with Gasteiger partial charge in [0.05, 0.1) is 6.10 Å². The molecule has 0 radical (unpaired) electrons. The zero-order valence-corrected chi connectivity index (χ0v) is 14.9. The Labute approximate surface area is 140 Å². The van der Waals surface area contributed by atoms with Crippen molar-refractivity contribution in [3.8, 4) is 0 Å². The van der Waals surface area contributed by atoms with Crippen LogP contribution in [0.5, 0.6) is 0 Å². The quantitative estimate of drug-likeness (QED) is 0.801. The van der Waals surface area contributed by atoms with Gasteiger partial charge < -0.3 is 10.1 Å². The third kappa shape index (κ3) is 2.15. The smallest absolute Gasteiger partial charge is 0.243 e. The van der Waals surface area contributed by atoms with Crippen molar-refractivity contribution in [2.45, 2.75) is 64.9 Å². The monoisotopic (exact) mass is 317 g/mol. The van der Waals surface area contributed by atoms with Crippen LogP contribution in [0.2, 0.25) is 0 Å². The minimum Gasteiger partial charge on any atom is -0.381 e. The van der Waals surface area contributed by atoms with Gasteiger partial charge in [-0.2, -0.15) is 0 Å². The van der Waals surface area contributed by atoms with E-state index in [0.29, 0.717) is 11.5 Å². The van der Waals surface area contributed by atoms with Crippen molar-refractivity contribution in [2.75, 3.05) is 13.7 Å². The van der Waals surface area contributed by atoms with Gasteiger partial charge in [0, 0.05) is 19.7 Å². The largest absolute Gasteiger partial charge is 0.381 e. The van der Waals surface area contributed by atoms with Crippen LogP contribution in [0.4, 0.5) is 0 Å². The van der Waals surface area contributed by atoms with Gasteiger partial charge in [0.2, 0.25) is 5.91 Å². The summed E-state index contributed by atoms with van der Waals surface area (Å²) in [7, 11) is 1.90. The molecule has 3 heteroatoms. The molecule has 4 rings (SSSR count). The van der Waals surface area contributed by atoms with E-state index in [2.05, 4.69) is 19.2 Å². The number of allylic oxidation sites excluding steroid dienone is 1. The molecule has 3 aliphatic carbocycles. The Morgan fingerprint density at radius 2 is 1.96 bits per heavy atom. The van der Waals surface area contributed by atoms with Crippen molar-refractivity contribution in [3.63, 3.8) is 0 Å². The van der Waals surface area contributed by atoms with Gasteiger partial charge >= 0.3 is 0 Å². The fourth-order valence-corrected chi connectivity index (χ4v) is 6.90. The highest BCUT2D eigenvalue weighted by molar-refractivity contribution is 5.88. The minimum absolute atomic E-state index is 0.128. The van der Waals surface area contributed by atoms with E-state index < -0.39 is 0 Å². The van der Waals surface area contributed by atoms with Crippen LogP contribution < -0.4 is 5.32 Å². The number of nitrogens with one attached hydrogen (secondary N) is 1. The number of hydrogen-bond acceptors (Lipinski definition) is 2. The number of carbonyl (C=O) groups excluding carboxylic acids is 1. The maximum Gasteiger partial charge on any atom is 0.243 e. The van der Waals surface area contributed by atoms with Crippen molar-refractivity contribution in [3.05, 3.63) is 11.6 Å². The molecule has 0 spiro atoms. The van der Waals surface area contributed by atoms with Crippen molar-refractivity contribution < 1.29 is 9.53 Å². The second kappa shape index (κ2) is 5.34. The lowest BCUT2D eigenvalue weighted by Crippen LogP contribution is -2.50. The first-order valence-corrected chi connectivity index (χ1v) is 9.51.